The van der Waals surface area contributed by atoms with Gasteiger partial charge in [-0.15, -0.1) is 0 Å². The highest BCUT2D eigenvalue weighted by molar-refractivity contribution is 5.58. The minimum absolute atomic E-state index is 0.208. The van der Waals surface area contributed by atoms with Crippen molar-refractivity contribution < 1.29 is 23.0 Å². The topological polar surface area (TPSA) is 32.7 Å². The van der Waals surface area contributed by atoms with Crippen LogP contribution in [0.3, 0.4) is 0 Å². The van der Waals surface area contributed by atoms with E-state index in [-0.39, 0.29) is 12.8 Å². The molecule has 1 N–H and O–H groups in total. The van der Waals surface area contributed by atoms with Crippen LogP contribution in [0.2, 0.25) is 0 Å². The van der Waals surface area contributed by atoms with Gasteiger partial charge in [0, 0.05) is 12.3 Å². The van der Waals surface area contributed by atoms with E-state index >= 15 is 0 Å². The summed E-state index contributed by atoms with van der Waals surface area (Å²) in [6, 6.07) is 13.2. The monoisotopic (exact) mass is 403 g/mol. The molecule has 3 rings (SSSR count). The molecule has 0 saturated heterocycles. The van der Waals surface area contributed by atoms with Gasteiger partial charge < -0.3 is 14.7 Å². The molecule has 0 saturated carbocycles. The lowest BCUT2D eigenvalue weighted by Crippen LogP contribution is -2.28. The van der Waals surface area contributed by atoms with Crippen molar-refractivity contribution in [2.24, 2.45) is 0 Å². The molecule has 6 heteroatoms. The first kappa shape index (κ1) is 21.0. The first-order valence-corrected chi connectivity index (χ1v) is 9.55. The Hall–Kier alpha value is -2.73. The molecule has 0 fully saturated rings. The number of ether oxygens (including phenoxy) is 1. The number of aliphatic hydroxyl groups is 1. The number of alkyl halides is 3. The Morgan fingerprint density at radius 2 is 1.72 bits per heavy atom. The summed E-state index contributed by atoms with van der Waals surface area (Å²) in [6.07, 6.45) is 3.22. The Balaban J connectivity index is 1.69. The van der Waals surface area contributed by atoms with Gasteiger partial charge in [0.25, 0.3) is 0 Å². The van der Waals surface area contributed by atoms with Crippen molar-refractivity contribution in [2.75, 3.05) is 11.5 Å². The third-order valence-corrected chi connectivity index (χ3v) is 4.79. The fourth-order valence-electron chi connectivity index (χ4n) is 3.21. The number of rotatable bonds is 7. The molecule has 0 aromatic heterocycles. The molecule has 3 nitrogen and oxygen atoms in total. The number of aryl methyl sites for hydroxylation is 1. The molecular weight excluding hydrogens is 379 g/mol. The average molecular weight is 403 g/mol. The quantitative estimate of drug-likeness (QED) is 0.597. The fourth-order valence-corrected chi connectivity index (χ4v) is 3.21. The van der Waals surface area contributed by atoms with Gasteiger partial charge in [-0.05, 0) is 67.7 Å². The van der Waals surface area contributed by atoms with E-state index in [0.717, 1.165) is 42.8 Å². The molecule has 0 amide bonds. The van der Waals surface area contributed by atoms with Crippen LogP contribution in [0, 0.1) is 0 Å². The van der Waals surface area contributed by atoms with E-state index in [1.807, 2.05) is 30.0 Å². The largest absolute Gasteiger partial charge is 0.472 e. The maximum absolute atomic E-state index is 12.7. The zero-order valence-corrected chi connectivity index (χ0v) is 16.2. The summed E-state index contributed by atoms with van der Waals surface area (Å²) in [7, 11) is 0. The lowest BCUT2D eigenvalue weighted by molar-refractivity contribution is -0.137. The molecule has 1 heterocycles. The summed E-state index contributed by atoms with van der Waals surface area (Å²) in [5, 5.41) is 8.89. The van der Waals surface area contributed by atoms with Crippen LogP contribution < -0.4 is 4.90 Å². The van der Waals surface area contributed by atoms with Gasteiger partial charge in [0.2, 0.25) is 0 Å². The summed E-state index contributed by atoms with van der Waals surface area (Å²) in [5.41, 5.74) is 3.14. The second-order valence-corrected chi connectivity index (χ2v) is 6.98. The summed E-state index contributed by atoms with van der Waals surface area (Å²) < 4.78 is 43.8. The fraction of sp³-hybridized carbons (Fsp3) is 0.304. The molecule has 0 radical (unpaired) electrons. The zero-order valence-electron chi connectivity index (χ0n) is 16.2. The minimum atomic E-state index is -4.33. The number of anilines is 1. The predicted molar refractivity (Wildman–Crippen MR) is 108 cm³/mol. The maximum Gasteiger partial charge on any atom is 0.416 e. The van der Waals surface area contributed by atoms with Crippen LogP contribution in [-0.2, 0) is 17.3 Å². The van der Waals surface area contributed by atoms with Gasteiger partial charge in [-0.3, -0.25) is 0 Å². The van der Waals surface area contributed by atoms with Crippen LogP contribution in [0.25, 0.3) is 6.08 Å². The lowest BCUT2D eigenvalue weighted by atomic mass is 10.1. The molecule has 1 aliphatic rings. The molecule has 2 aromatic carbocycles. The third kappa shape index (κ3) is 5.41. The van der Waals surface area contributed by atoms with Crippen molar-refractivity contribution in [3.05, 3.63) is 83.3 Å². The van der Waals surface area contributed by atoms with Crippen LogP contribution in [-0.4, -0.2) is 17.9 Å². The molecule has 0 aliphatic carbocycles. The summed E-state index contributed by atoms with van der Waals surface area (Å²) >= 11 is 0. The molecule has 154 valence electrons. The van der Waals surface area contributed by atoms with E-state index in [1.165, 1.54) is 17.7 Å². The Bertz CT molecular complexity index is 855. The highest BCUT2D eigenvalue weighted by Gasteiger charge is 2.30. The van der Waals surface area contributed by atoms with Crippen LogP contribution in [0.1, 0.15) is 36.5 Å². The van der Waals surface area contributed by atoms with Gasteiger partial charge in [-0.25, -0.2) is 0 Å². The molecule has 2 aromatic rings. The van der Waals surface area contributed by atoms with Crippen molar-refractivity contribution in [1.82, 2.24) is 0 Å². The highest BCUT2D eigenvalue weighted by Crippen LogP contribution is 2.31. The maximum atomic E-state index is 12.7. The second-order valence-electron chi connectivity index (χ2n) is 6.98. The Morgan fingerprint density at radius 3 is 2.34 bits per heavy atom. The number of allylic oxidation sites excluding steroid dienone is 1. The smallest absolute Gasteiger partial charge is 0.416 e. The van der Waals surface area contributed by atoms with Gasteiger partial charge in [-0.1, -0.05) is 30.3 Å². The average Bonchev–Trinajstić information content (AvgIpc) is 3.07. The highest BCUT2D eigenvalue weighted by atomic mass is 19.4. The van der Waals surface area contributed by atoms with E-state index in [1.54, 1.807) is 12.3 Å². The van der Waals surface area contributed by atoms with Gasteiger partial charge in [0.1, 0.15) is 6.26 Å². The van der Waals surface area contributed by atoms with Crippen molar-refractivity contribution >= 4 is 11.8 Å². The number of hydrogen-bond acceptors (Lipinski definition) is 3. The van der Waals surface area contributed by atoms with E-state index in [4.69, 9.17) is 9.84 Å². The van der Waals surface area contributed by atoms with Crippen LogP contribution in [0.5, 0.6) is 0 Å². The predicted octanol–water partition coefficient (Wildman–Crippen LogP) is 5.76. The third-order valence-electron chi connectivity index (χ3n) is 4.79. The van der Waals surface area contributed by atoms with E-state index in [9.17, 15) is 13.2 Å². The normalized spacial score (nSPS) is 16.9. The molecule has 1 aliphatic heterocycles. The number of benzene rings is 2. The number of aliphatic hydroxyl groups excluding tert-OH is 1. The van der Waals surface area contributed by atoms with Gasteiger partial charge in [0.15, 0.2) is 6.23 Å². The molecule has 29 heavy (non-hydrogen) atoms. The number of nitrogens with zero attached hydrogens (tertiary/aromatic N) is 1. The molecule has 1 atom stereocenters. The number of halogens is 3. The number of hydrogen-bond donors (Lipinski definition) is 1. The Labute approximate surface area is 168 Å². The zero-order chi connectivity index (χ0) is 20.9. The van der Waals surface area contributed by atoms with E-state index in [2.05, 4.69) is 12.1 Å². The first-order valence-electron chi connectivity index (χ1n) is 9.55. The number of unbranched alkanes of at least 4 members (excludes halogenated alkanes) is 1. The van der Waals surface area contributed by atoms with Crippen molar-refractivity contribution in [3.8, 4) is 0 Å². The van der Waals surface area contributed by atoms with E-state index < -0.39 is 11.7 Å². The van der Waals surface area contributed by atoms with Crippen LogP contribution in [0.15, 0.2) is 66.6 Å². The SMILES string of the molecule is CC1=COC(/C=C/c2ccc(C(F)(F)F)cc2)N1c1ccc(CCCCO)cc1. The van der Waals surface area contributed by atoms with Crippen molar-refractivity contribution in [1.29, 1.82) is 0 Å². The first-order chi connectivity index (χ1) is 13.9. The summed E-state index contributed by atoms with van der Waals surface area (Å²) in [6.45, 7) is 2.15. The Morgan fingerprint density at radius 1 is 1.03 bits per heavy atom. The van der Waals surface area contributed by atoms with Gasteiger partial charge in [-0.2, -0.15) is 13.2 Å². The van der Waals surface area contributed by atoms with Crippen molar-refractivity contribution in [2.45, 2.75) is 38.6 Å². The molecular formula is C23H24F3NO2. The second kappa shape index (κ2) is 9.18. The van der Waals surface area contributed by atoms with Crippen LogP contribution in [0.4, 0.5) is 18.9 Å². The molecule has 0 bridgehead atoms. The van der Waals surface area contributed by atoms with Crippen molar-refractivity contribution in [3.63, 3.8) is 0 Å². The summed E-state index contributed by atoms with van der Waals surface area (Å²) in [5.74, 6) is 0. The molecule has 1 unspecified atom stereocenters. The summed E-state index contributed by atoms with van der Waals surface area (Å²) in [4.78, 5) is 2.03. The minimum Gasteiger partial charge on any atom is -0.472 e. The van der Waals surface area contributed by atoms with Gasteiger partial charge in [0.05, 0.1) is 11.3 Å². The lowest BCUT2D eigenvalue weighted by Gasteiger charge is -2.25. The molecule has 0 spiro atoms. The Kier molecular flexibility index (Phi) is 6.64. The van der Waals surface area contributed by atoms with E-state index in [0.29, 0.717) is 5.56 Å². The van der Waals surface area contributed by atoms with Gasteiger partial charge >= 0.3 is 6.18 Å². The standard InChI is InChI=1S/C23H24F3NO2/c1-17-16-29-22(14-9-19-5-10-20(11-6-19)23(24,25)26)27(17)21-12-7-18(8-13-21)4-2-3-15-28/h5-14,16,22,28H,2-4,15H2,1H3/b14-9+. The van der Waals surface area contributed by atoms with Crippen LogP contribution >= 0.6 is 0 Å².